The Balaban J connectivity index is 1.53. The number of hydrogen-bond donors (Lipinski definition) is 0. The minimum Gasteiger partial charge on any atom is -0.496 e. The fourth-order valence-corrected chi connectivity index (χ4v) is 3.50. The number of hydrogen-bond acceptors (Lipinski definition) is 4. The standard InChI is InChI=1S/C19H27N3O3/c1-15-5-6-16(13-17(15)25-2)19(24)22-11-9-20(10-12-22)14-18(23)21-7-3-4-8-21/h5-6,13H,3-4,7-12,14H2,1-2H3. The number of aryl methyl sites for hydroxylation is 1. The molecule has 25 heavy (non-hydrogen) atoms. The maximum Gasteiger partial charge on any atom is 0.254 e. The maximum absolute atomic E-state index is 12.7. The molecule has 6 nitrogen and oxygen atoms in total. The molecular formula is C19H27N3O3. The molecule has 0 radical (unpaired) electrons. The lowest BCUT2D eigenvalue weighted by atomic mass is 10.1. The number of methoxy groups -OCH3 is 1. The van der Waals surface area contributed by atoms with E-state index in [9.17, 15) is 9.59 Å². The molecule has 0 bridgehead atoms. The van der Waals surface area contributed by atoms with Crippen molar-refractivity contribution in [1.29, 1.82) is 0 Å². The molecule has 2 aliphatic rings. The van der Waals surface area contributed by atoms with Crippen LogP contribution >= 0.6 is 0 Å². The average molecular weight is 345 g/mol. The van der Waals surface area contributed by atoms with Crippen molar-refractivity contribution in [1.82, 2.24) is 14.7 Å². The van der Waals surface area contributed by atoms with E-state index in [1.54, 1.807) is 13.2 Å². The molecule has 2 heterocycles. The summed E-state index contributed by atoms with van der Waals surface area (Å²) in [4.78, 5) is 30.9. The summed E-state index contributed by atoms with van der Waals surface area (Å²) >= 11 is 0. The number of carbonyl (C=O) groups excluding carboxylic acids is 2. The molecule has 1 aromatic carbocycles. The first-order valence-corrected chi connectivity index (χ1v) is 9.02. The van der Waals surface area contributed by atoms with Gasteiger partial charge in [-0.25, -0.2) is 0 Å². The second kappa shape index (κ2) is 7.87. The van der Waals surface area contributed by atoms with Crippen LogP contribution in [0.1, 0.15) is 28.8 Å². The third-order valence-corrected chi connectivity index (χ3v) is 5.13. The highest BCUT2D eigenvalue weighted by molar-refractivity contribution is 5.94. The Hall–Kier alpha value is -2.08. The molecule has 3 rings (SSSR count). The molecule has 2 amide bonds. The Labute approximate surface area is 149 Å². The number of piperazine rings is 1. The molecular weight excluding hydrogens is 318 g/mol. The number of nitrogens with zero attached hydrogens (tertiary/aromatic N) is 3. The first-order chi connectivity index (χ1) is 12.1. The molecule has 136 valence electrons. The van der Waals surface area contributed by atoms with Crippen molar-refractivity contribution in [3.8, 4) is 5.75 Å². The Morgan fingerprint density at radius 2 is 1.68 bits per heavy atom. The topological polar surface area (TPSA) is 53.1 Å². The zero-order valence-corrected chi connectivity index (χ0v) is 15.2. The molecule has 2 aliphatic heterocycles. The number of amides is 2. The van der Waals surface area contributed by atoms with Gasteiger partial charge in [-0.1, -0.05) is 6.07 Å². The van der Waals surface area contributed by atoms with Gasteiger partial charge < -0.3 is 14.5 Å². The summed E-state index contributed by atoms with van der Waals surface area (Å²) in [5, 5.41) is 0. The number of carbonyl (C=O) groups is 2. The molecule has 2 saturated heterocycles. The van der Waals surface area contributed by atoms with Crippen LogP contribution < -0.4 is 4.74 Å². The Bertz CT molecular complexity index is 633. The van der Waals surface area contributed by atoms with Crippen molar-refractivity contribution in [3.63, 3.8) is 0 Å². The summed E-state index contributed by atoms with van der Waals surface area (Å²) in [5.74, 6) is 0.991. The van der Waals surface area contributed by atoms with Gasteiger partial charge >= 0.3 is 0 Å². The first-order valence-electron chi connectivity index (χ1n) is 9.02. The normalized spacial score (nSPS) is 18.5. The van der Waals surface area contributed by atoms with Crippen LogP contribution in [0.25, 0.3) is 0 Å². The van der Waals surface area contributed by atoms with E-state index in [-0.39, 0.29) is 11.8 Å². The van der Waals surface area contributed by atoms with E-state index >= 15 is 0 Å². The van der Waals surface area contributed by atoms with Gasteiger partial charge in [-0.2, -0.15) is 0 Å². The Morgan fingerprint density at radius 3 is 2.32 bits per heavy atom. The quantitative estimate of drug-likeness (QED) is 0.827. The van der Waals surface area contributed by atoms with Gasteiger partial charge in [-0.15, -0.1) is 0 Å². The summed E-state index contributed by atoms with van der Waals surface area (Å²) in [6, 6.07) is 5.57. The highest BCUT2D eigenvalue weighted by atomic mass is 16.5. The van der Waals surface area contributed by atoms with E-state index in [2.05, 4.69) is 4.90 Å². The number of rotatable bonds is 4. The predicted molar refractivity (Wildman–Crippen MR) is 95.9 cm³/mol. The monoisotopic (exact) mass is 345 g/mol. The minimum absolute atomic E-state index is 0.0313. The van der Waals surface area contributed by atoms with Crippen LogP contribution in [0.15, 0.2) is 18.2 Å². The zero-order chi connectivity index (χ0) is 17.8. The Morgan fingerprint density at radius 1 is 1.00 bits per heavy atom. The summed E-state index contributed by atoms with van der Waals surface area (Å²) in [6.45, 7) is 7.02. The van der Waals surface area contributed by atoms with Crippen LogP contribution in [-0.4, -0.2) is 79.4 Å². The van der Waals surface area contributed by atoms with Gasteiger partial charge in [0.1, 0.15) is 5.75 Å². The third-order valence-electron chi connectivity index (χ3n) is 5.13. The third kappa shape index (κ3) is 4.12. The average Bonchev–Trinajstić information content (AvgIpc) is 3.17. The van der Waals surface area contributed by atoms with Crippen LogP contribution in [0.3, 0.4) is 0 Å². The second-order valence-corrected chi connectivity index (χ2v) is 6.84. The van der Waals surface area contributed by atoms with Gasteiger partial charge in [0, 0.05) is 44.8 Å². The lowest BCUT2D eigenvalue weighted by Crippen LogP contribution is -2.51. The lowest BCUT2D eigenvalue weighted by molar-refractivity contribution is -0.131. The van der Waals surface area contributed by atoms with Gasteiger partial charge in [0.25, 0.3) is 5.91 Å². The van der Waals surface area contributed by atoms with E-state index in [0.29, 0.717) is 25.2 Å². The minimum atomic E-state index is 0.0313. The molecule has 0 aromatic heterocycles. The maximum atomic E-state index is 12.7. The van der Waals surface area contributed by atoms with Gasteiger partial charge in [0.15, 0.2) is 0 Å². The molecule has 0 N–H and O–H groups in total. The molecule has 0 saturated carbocycles. The van der Waals surface area contributed by atoms with Crippen molar-refractivity contribution in [2.24, 2.45) is 0 Å². The fraction of sp³-hybridized carbons (Fsp3) is 0.579. The molecule has 0 unspecified atom stereocenters. The fourth-order valence-electron chi connectivity index (χ4n) is 3.50. The van der Waals surface area contributed by atoms with E-state index in [1.165, 1.54) is 0 Å². The van der Waals surface area contributed by atoms with Gasteiger partial charge in [-0.05, 0) is 37.5 Å². The van der Waals surface area contributed by atoms with Crippen molar-refractivity contribution >= 4 is 11.8 Å². The highest BCUT2D eigenvalue weighted by Gasteiger charge is 2.26. The van der Waals surface area contributed by atoms with Crippen LogP contribution in [-0.2, 0) is 4.79 Å². The number of benzene rings is 1. The van der Waals surface area contributed by atoms with Crippen LogP contribution in [0.4, 0.5) is 0 Å². The number of likely N-dealkylation sites (tertiary alicyclic amines) is 1. The van der Waals surface area contributed by atoms with E-state index < -0.39 is 0 Å². The summed E-state index contributed by atoms with van der Waals surface area (Å²) in [5.41, 5.74) is 1.67. The van der Waals surface area contributed by atoms with Crippen molar-refractivity contribution in [2.75, 3.05) is 52.9 Å². The molecule has 1 aromatic rings. The van der Waals surface area contributed by atoms with Gasteiger partial charge in [0.2, 0.25) is 5.91 Å². The predicted octanol–water partition coefficient (Wildman–Crippen LogP) is 1.38. The second-order valence-electron chi connectivity index (χ2n) is 6.84. The SMILES string of the molecule is COc1cc(C(=O)N2CCN(CC(=O)N3CCCC3)CC2)ccc1C. The zero-order valence-electron chi connectivity index (χ0n) is 15.2. The van der Waals surface area contributed by atoms with Gasteiger partial charge in [0.05, 0.1) is 13.7 Å². The Kier molecular flexibility index (Phi) is 5.58. The van der Waals surface area contributed by atoms with Crippen LogP contribution in [0.5, 0.6) is 5.75 Å². The van der Waals surface area contributed by atoms with Crippen molar-refractivity contribution in [3.05, 3.63) is 29.3 Å². The lowest BCUT2D eigenvalue weighted by Gasteiger charge is -2.35. The summed E-state index contributed by atoms with van der Waals surface area (Å²) in [7, 11) is 1.62. The highest BCUT2D eigenvalue weighted by Crippen LogP contribution is 2.20. The smallest absolute Gasteiger partial charge is 0.254 e. The summed E-state index contributed by atoms with van der Waals surface area (Å²) < 4.78 is 5.31. The van der Waals surface area contributed by atoms with E-state index in [1.807, 2.05) is 28.9 Å². The largest absolute Gasteiger partial charge is 0.496 e. The first kappa shape index (κ1) is 17.7. The number of ether oxygens (including phenoxy) is 1. The summed E-state index contributed by atoms with van der Waals surface area (Å²) in [6.07, 6.45) is 2.24. The van der Waals surface area contributed by atoms with Crippen LogP contribution in [0.2, 0.25) is 0 Å². The van der Waals surface area contributed by atoms with Gasteiger partial charge in [-0.3, -0.25) is 14.5 Å². The van der Waals surface area contributed by atoms with E-state index in [4.69, 9.17) is 4.74 Å². The van der Waals surface area contributed by atoms with Crippen molar-refractivity contribution < 1.29 is 14.3 Å². The molecule has 0 spiro atoms. The van der Waals surface area contributed by atoms with E-state index in [0.717, 1.165) is 50.3 Å². The van der Waals surface area contributed by atoms with Crippen LogP contribution in [0, 0.1) is 6.92 Å². The molecule has 6 heteroatoms. The van der Waals surface area contributed by atoms with Crippen molar-refractivity contribution in [2.45, 2.75) is 19.8 Å². The molecule has 0 aliphatic carbocycles. The molecule has 0 atom stereocenters. The molecule has 2 fully saturated rings.